The minimum atomic E-state index is -0.223. The standard InChI is InChI=1S/C19H34O3/c1-18(2,15-20)13-9-5-7-11-17(22)12-8-6-10-14-19(3,4)16-21/h15-16H,5-14H2,1-4H3. The van der Waals surface area contributed by atoms with E-state index in [0.29, 0.717) is 18.6 Å². The van der Waals surface area contributed by atoms with Crippen molar-refractivity contribution in [3.63, 3.8) is 0 Å². The highest BCUT2D eigenvalue weighted by Gasteiger charge is 2.16. The van der Waals surface area contributed by atoms with Gasteiger partial charge in [-0.1, -0.05) is 53.4 Å². The van der Waals surface area contributed by atoms with Crippen LogP contribution in [0.3, 0.4) is 0 Å². The Hall–Kier alpha value is -0.990. The van der Waals surface area contributed by atoms with Gasteiger partial charge in [-0.3, -0.25) is 4.79 Å². The van der Waals surface area contributed by atoms with Gasteiger partial charge in [0, 0.05) is 23.7 Å². The molecular weight excluding hydrogens is 276 g/mol. The first-order valence-electron chi connectivity index (χ1n) is 8.67. The number of Topliss-reactive ketones (excluding diaryl/α,β-unsaturated/α-hetero) is 1. The number of ketones is 1. The smallest absolute Gasteiger partial charge is 0.132 e. The van der Waals surface area contributed by atoms with Crippen LogP contribution in [0.5, 0.6) is 0 Å². The third-order valence-electron chi connectivity index (χ3n) is 4.19. The summed E-state index contributed by atoms with van der Waals surface area (Å²) >= 11 is 0. The molecule has 0 radical (unpaired) electrons. The van der Waals surface area contributed by atoms with E-state index in [9.17, 15) is 14.4 Å². The molecule has 0 rings (SSSR count). The zero-order valence-electron chi connectivity index (χ0n) is 15.0. The van der Waals surface area contributed by atoms with E-state index < -0.39 is 0 Å². The van der Waals surface area contributed by atoms with Crippen LogP contribution in [-0.2, 0) is 14.4 Å². The summed E-state index contributed by atoms with van der Waals surface area (Å²) in [6.45, 7) is 7.82. The lowest BCUT2D eigenvalue weighted by Crippen LogP contribution is -2.12. The third-order valence-corrected chi connectivity index (χ3v) is 4.19. The van der Waals surface area contributed by atoms with E-state index in [0.717, 1.165) is 63.9 Å². The summed E-state index contributed by atoms with van der Waals surface area (Å²) in [6, 6.07) is 0. The van der Waals surface area contributed by atoms with Crippen LogP contribution in [0.1, 0.15) is 91.9 Å². The van der Waals surface area contributed by atoms with Gasteiger partial charge >= 0.3 is 0 Å². The van der Waals surface area contributed by atoms with E-state index in [1.807, 2.05) is 27.7 Å². The average Bonchev–Trinajstić information content (AvgIpc) is 2.46. The van der Waals surface area contributed by atoms with E-state index in [4.69, 9.17) is 0 Å². The molecule has 3 heteroatoms. The molecule has 0 aromatic rings. The molecule has 0 heterocycles. The van der Waals surface area contributed by atoms with Crippen molar-refractivity contribution >= 4 is 18.4 Å². The molecule has 0 spiro atoms. The molecule has 0 atom stereocenters. The van der Waals surface area contributed by atoms with Crippen molar-refractivity contribution in [3.05, 3.63) is 0 Å². The van der Waals surface area contributed by atoms with Crippen LogP contribution in [0.2, 0.25) is 0 Å². The van der Waals surface area contributed by atoms with Gasteiger partial charge in [0.25, 0.3) is 0 Å². The molecule has 0 fully saturated rings. The Labute approximate surface area is 136 Å². The molecule has 0 aliphatic heterocycles. The van der Waals surface area contributed by atoms with Gasteiger partial charge < -0.3 is 9.59 Å². The molecule has 0 saturated heterocycles. The number of hydrogen-bond donors (Lipinski definition) is 0. The lowest BCUT2D eigenvalue weighted by Gasteiger charge is -2.16. The SMILES string of the molecule is CC(C)(C=O)CCCCCC(=O)CCCCCC(C)(C)C=O. The van der Waals surface area contributed by atoms with Crippen molar-refractivity contribution in [2.24, 2.45) is 10.8 Å². The molecule has 128 valence electrons. The van der Waals surface area contributed by atoms with Crippen molar-refractivity contribution in [1.82, 2.24) is 0 Å². The van der Waals surface area contributed by atoms with Gasteiger partial charge in [-0.2, -0.15) is 0 Å². The first-order chi connectivity index (χ1) is 10.2. The summed E-state index contributed by atoms with van der Waals surface area (Å²) in [5, 5.41) is 0. The fourth-order valence-corrected chi connectivity index (χ4v) is 2.40. The monoisotopic (exact) mass is 310 g/mol. The summed E-state index contributed by atoms with van der Waals surface area (Å²) in [5.41, 5.74) is -0.446. The van der Waals surface area contributed by atoms with E-state index in [1.165, 1.54) is 0 Å². The number of unbranched alkanes of at least 4 members (excludes halogenated alkanes) is 4. The van der Waals surface area contributed by atoms with Gasteiger partial charge in [-0.15, -0.1) is 0 Å². The van der Waals surface area contributed by atoms with Gasteiger partial charge in [0.05, 0.1) is 0 Å². The molecule has 0 aromatic heterocycles. The second-order valence-electron chi connectivity index (χ2n) is 7.87. The highest BCUT2D eigenvalue weighted by molar-refractivity contribution is 5.78. The number of aldehydes is 2. The summed E-state index contributed by atoms with van der Waals surface area (Å²) in [6.07, 6.45) is 11.1. The van der Waals surface area contributed by atoms with Crippen molar-refractivity contribution in [2.45, 2.75) is 91.9 Å². The first kappa shape index (κ1) is 21.0. The van der Waals surface area contributed by atoms with Crippen molar-refractivity contribution in [2.75, 3.05) is 0 Å². The van der Waals surface area contributed by atoms with Crippen LogP contribution in [0.15, 0.2) is 0 Å². The molecule has 0 aromatic carbocycles. The zero-order chi connectivity index (χ0) is 17.1. The van der Waals surface area contributed by atoms with E-state index in [2.05, 4.69) is 0 Å². The van der Waals surface area contributed by atoms with Gasteiger partial charge in [0.1, 0.15) is 18.4 Å². The van der Waals surface area contributed by atoms with Gasteiger partial charge in [0.2, 0.25) is 0 Å². The Morgan fingerprint density at radius 3 is 1.36 bits per heavy atom. The fraction of sp³-hybridized carbons (Fsp3) is 0.842. The second-order valence-corrected chi connectivity index (χ2v) is 7.87. The summed E-state index contributed by atoms with van der Waals surface area (Å²) in [7, 11) is 0. The van der Waals surface area contributed by atoms with Crippen LogP contribution in [0.25, 0.3) is 0 Å². The number of hydrogen-bond acceptors (Lipinski definition) is 3. The lowest BCUT2D eigenvalue weighted by molar-refractivity contribution is -0.119. The Kier molecular flexibility index (Phi) is 10.2. The fourth-order valence-electron chi connectivity index (χ4n) is 2.40. The molecule has 0 unspecified atom stereocenters. The van der Waals surface area contributed by atoms with Crippen molar-refractivity contribution < 1.29 is 14.4 Å². The van der Waals surface area contributed by atoms with E-state index in [1.54, 1.807) is 0 Å². The number of carbonyl (C=O) groups excluding carboxylic acids is 3. The maximum Gasteiger partial charge on any atom is 0.132 e. The van der Waals surface area contributed by atoms with Crippen LogP contribution in [-0.4, -0.2) is 18.4 Å². The largest absolute Gasteiger partial charge is 0.303 e. The van der Waals surface area contributed by atoms with E-state index >= 15 is 0 Å². The molecule has 0 aliphatic carbocycles. The minimum absolute atomic E-state index is 0.223. The van der Waals surface area contributed by atoms with Crippen molar-refractivity contribution in [3.8, 4) is 0 Å². The van der Waals surface area contributed by atoms with Crippen LogP contribution < -0.4 is 0 Å². The Balaban J connectivity index is 3.51. The van der Waals surface area contributed by atoms with Gasteiger partial charge in [-0.25, -0.2) is 0 Å². The van der Waals surface area contributed by atoms with Gasteiger partial charge in [0.15, 0.2) is 0 Å². The lowest BCUT2D eigenvalue weighted by atomic mass is 9.88. The zero-order valence-corrected chi connectivity index (χ0v) is 15.0. The molecule has 0 amide bonds. The first-order valence-corrected chi connectivity index (χ1v) is 8.67. The molecule has 0 saturated carbocycles. The molecule has 0 bridgehead atoms. The molecular formula is C19H34O3. The minimum Gasteiger partial charge on any atom is -0.303 e. The maximum absolute atomic E-state index is 11.8. The number of carbonyl (C=O) groups is 3. The molecule has 0 N–H and O–H groups in total. The third kappa shape index (κ3) is 11.6. The topological polar surface area (TPSA) is 51.2 Å². The van der Waals surface area contributed by atoms with E-state index in [-0.39, 0.29) is 10.8 Å². The van der Waals surface area contributed by atoms with Crippen molar-refractivity contribution in [1.29, 1.82) is 0 Å². The predicted molar refractivity (Wildman–Crippen MR) is 90.9 cm³/mol. The summed E-state index contributed by atoms with van der Waals surface area (Å²) in [4.78, 5) is 33.3. The highest BCUT2D eigenvalue weighted by atomic mass is 16.1. The van der Waals surface area contributed by atoms with Crippen LogP contribution in [0.4, 0.5) is 0 Å². The van der Waals surface area contributed by atoms with Gasteiger partial charge in [-0.05, 0) is 25.7 Å². The Bertz CT molecular complexity index is 311. The summed E-state index contributed by atoms with van der Waals surface area (Å²) < 4.78 is 0. The number of rotatable bonds is 14. The van der Waals surface area contributed by atoms with Crippen LogP contribution >= 0.6 is 0 Å². The Morgan fingerprint density at radius 2 is 1.05 bits per heavy atom. The normalized spacial score (nSPS) is 12.2. The average molecular weight is 310 g/mol. The molecule has 3 nitrogen and oxygen atoms in total. The molecule has 22 heavy (non-hydrogen) atoms. The summed E-state index contributed by atoms with van der Waals surface area (Å²) in [5.74, 6) is 0.351. The maximum atomic E-state index is 11.8. The molecule has 0 aliphatic rings. The van der Waals surface area contributed by atoms with Crippen LogP contribution in [0, 0.1) is 10.8 Å². The quantitative estimate of drug-likeness (QED) is 0.338. The Morgan fingerprint density at radius 1 is 0.682 bits per heavy atom. The second kappa shape index (κ2) is 10.7. The predicted octanol–water partition coefficient (Wildman–Crippen LogP) is 4.91. The highest BCUT2D eigenvalue weighted by Crippen LogP contribution is 2.22.